The van der Waals surface area contributed by atoms with Crippen LogP contribution in [0.15, 0.2) is 11.0 Å². The maximum absolute atomic E-state index is 13.1. The van der Waals surface area contributed by atoms with Crippen LogP contribution in [-0.4, -0.2) is 53.7 Å². The van der Waals surface area contributed by atoms with Crippen LogP contribution in [0.4, 0.5) is 22.0 Å². The zero-order valence-corrected chi connectivity index (χ0v) is 16.5. The summed E-state index contributed by atoms with van der Waals surface area (Å²) in [4.78, 5) is 11.9. The van der Waals surface area contributed by atoms with Crippen molar-refractivity contribution in [2.45, 2.75) is 62.5 Å². The van der Waals surface area contributed by atoms with E-state index < -0.39 is 30.2 Å². The Kier molecular flexibility index (Phi) is 5.80. The average Bonchev–Trinajstić information content (AvgIpc) is 3.11. The average molecular weight is 451 g/mol. The Hall–Kier alpha value is -2.08. The van der Waals surface area contributed by atoms with Gasteiger partial charge in [-0.3, -0.25) is 9.53 Å². The molecule has 0 radical (unpaired) electrons. The SMILES string of the molecule is C=C(CCNC(=O)COC1CC2C(C1)C2(F)F)c1nnc(C2CC(OC(F)(F)F)C2)o1. The van der Waals surface area contributed by atoms with Crippen molar-refractivity contribution in [3.63, 3.8) is 0 Å². The minimum Gasteiger partial charge on any atom is -0.421 e. The Labute approximate surface area is 174 Å². The number of carbonyl (C=O) groups excluding carboxylic acids is 1. The van der Waals surface area contributed by atoms with Crippen LogP contribution in [0.25, 0.3) is 5.57 Å². The van der Waals surface area contributed by atoms with Crippen LogP contribution in [-0.2, 0) is 14.3 Å². The number of amides is 1. The molecule has 3 aliphatic rings. The third kappa shape index (κ3) is 5.05. The highest BCUT2D eigenvalue weighted by molar-refractivity contribution is 5.77. The summed E-state index contributed by atoms with van der Waals surface area (Å²) in [6, 6.07) is 0. The molecule has 172 valence electrons. The number of hydrogen-bond donors (Lipinski definition) is 1. The molecule has 2 atom stereocenters. The molecule has 31 heavy (non-hydrogen) atoms. The normalized spacial score (nSPS) is 31.1. The van der Waals surface area contributed by atoms with Gasteiger partial charge in [0, 0.05) is 29.9 Å². The van der Waals surface area contributed by atoms with Gasteiger partial charge >= 0.3 is 6.36 Å². The molecule has 1 N–H and O–H groups in total. The fourth-order valence-corrected chi connectivity index (χ4v) is 4.20. The first-order valence-electron chi connectivity index (χ1n) is 10.0. The number of ether oxygens (including phenoxy) is 2. The highest BCUT2D eigenvalue weighted by Crippen LogP contribution is 2.64. The Bertz CT molecular complexity index is 823. The number of aromatic nitrogens is 2. The summed E-state index contributed by atoms with van der Waals surface area (Å²) >= 11 is 0. The Morgan fingerprint density at radius 3 is 2.48 bits per heavy atom. The summed E-state index contributed by atoms with van der Waals surface area (Å²) < 4.78 is 77.6. The van der Waals surface area contributed by atoms with Gasteiger partial charge in [-0.05, 0) is 32.1 Å². The molecular weight excluding hydrogens is 429 g/mol. The zero-order valence-electron chi connectivity index (χ0n) is 16.5. The van der Waals surface area contributed by atoms with Gasteiger partial charge in [0.05, 0.1) is 12.2 Å². The molecule has 1 heterocycles. The standard InChI is InChI=1S/C19H22F5N3O4/c1-9(16-26-27-17(30-16)10-4-12(5-10)31-19(22,23)24)2-3-25-15(28)8-29-11-6-13-14(7-11)18(13,20)21/h10-14H,1-8H2,(H,25,28). The second-order valence-electron chi connectivity index (χ2n) is 8.29. The molecule has 0 aliphatic heterocycles. The quantitative estimate of drug-likeness (QED) is 0.579. The van der Waals surface area contributed by atoms with Crippen molar-refractivity contribution in [3.05, 3.63) is 18.4 Å². The molecule has 7 nitrogen and oxygen atoms in total. The lowest BCUT2D eigenvalue weighted by molar-refractivity contribution is -0.352. The number of nitrogens with one attached hydrogen (secondary N) is 1. The summed E-state index contributed by atoms with van der Waals surface area (Å²) in [6.45, 7) is 3.85. The van der Waals surface area contributed by atoms with Crippen molar-refractivity contribution in [3.8, 4) is 0 Å². The third-order valence-electron chi connectivity index (χ3n) is 6.09. The van der Waals surface area contributed by atoms with Gasteiger partial charge in [-0.15, -0.1) is 23.4 Å². The monoisotopic (exact) mass is 451 g/mol. The molecule has 12 heteroatoms. The van der Waals surface area contributed by atoms with Crippen molar-refractivity contribution < 1.29 is 40.6 Å². The van der Waals surface area contributed by atoms with Gasteiger partial charge in [0.1, 0.15) is 6.61 Å². The van der Waals surface area contributed by atoms with E-state index in [0.29, 0.717) is 12.0 Å². The maximum atomic E-state index is 13.1. The predicted molar refractivity (Wildman–Crippen MR) is 94.8 cm³/mol. The summed E-state index contributed by atoms with van der Waals surface area (Å²) in [7, 11) is 0. The van der Waals surface area contributed by atoms with Crippen LogP contribution in [0.2, 0.25) is 0 Å². The van der Waals surface area contributed by atoms with E-state index in [1.54, 1.807) is 0 Å². The molecule has 0 spiro atoms. The number of alkyl halides is 5. The number of halogens is 5. The molecule has 4 rings (SSSR count). The first-order valence-corrected chi connectivity index (χ1v) is 10.0. The highest BCUT2D eigenvalue weighted by Gasteiger charge is 2.71. The molecule has 0 aromatic carbocycles. The van der Waals surface area contributed by atoms with E-state index in [-0.39, 0.29) is 68.5 Å². The van der Waals surface area contributed by atoms with Crippen molar-refractivity contribution in [2.75, 3.05) is 13.2 Å². The number of fused-ring (bicyclic) bond motifs is 1. The van der Waals surface area contributed by atoms with Crippen molar-refractivity contribution in [1.82, 2.24) is 15.5 Å². The van der Waals surface area contributed by atoms with Gasteiger partial charge < -0.3 is 14.5 Å². The number of nitrogens with zero attached hydrogens (tertiary/aromatic N) is 2. The van der Waals surface area contributed by atoms with Gasteiger partial charge in [0.25, 0.3) is 5.92 Å². The first-order chi connectivity index (χ1) is 14.5. The minimum absolute atomic E-state index is 0.143. The van der Waals surface area contributed by atoms with Gasteiger partial charge in [0.2, 0.25) is 17.7 Å². The second-order valence-corrected chi connectivity index (χ2v) is 8.29. The third-order valence-corrected chi connectivity index (χ3v) is 6.09. The summed E-state index contributed by atoms with van der Waals surface area (Å²) in [5, 5.41) is 10.3. The van der Waals surface area contributed by atoms with E-state index in [2.05, 4.69) is 26.8 Å². The lowest BCUT2D eigenvalue weighted by Crippen LogP contribution is -2.34. The van der Waals surface area contributed by atoms with Crippen LogP contribution >= 0.6 is 0 Å². The van der Waals surface area contributed by atoms with Gasteiger partial charge in [-0.25, -0.2) is 8.78 Å². The van der Waals surface area contributed by atoms with E-state index >= 15 is 0 Å². The maximum Gasteiger partial charge on any atom is 0.522 e. The molecule has 1 aromatic rings. The number of rotatable bonds is 9. The lowest BCUT2D eigenvalue weighted by atomic mass is 9.82. The van der Waals surface area contributed by atoms with Crippen LogP contribution < -0.4 is 5.32 Å². The Morgan fingerprint density at radius 1 is 1.16 bits per heavy atom. The first kappa shape index (κ1) is 22.1. The van der Waals surface area contributed by atoms with Crippen molar-refractivity contribution in [1.29, 1.82) is 0 Å². The van der Waals surface area contributed by atoms with Crippen LogP contribution in [0, 0.1) is 11.8 Å². The summed E-state index contributed by atoms with van der Waals surface area (Å²) in [6.07, 6.45) is -4.71. The molecule has 3 saturated carbocycles. The van der Waals surface area contributed by atoms with E-state index in [0.717, 1.165) is 0 Å². The van der Waals surface area contributed by atoms with E-state index in [4.69, 9.17) is 9.15 Å². The Morgan fingerprint density at radius 2 is 1.84 bits per heavy atom. The van der Waals surface area contributed by atoms with Crippen LogP contribution in [0.5, 0.6) is 0 Å². The van der Waals surface area contributed by atoms with E-state index in [9.17, 15) is 26.7 Å². The van der Waals surface area contributed by atoms with Crippen LogP contribution in [0.1, 0.15) is 49.8 Å². The smallest absolute Gasteiger partial charge is 0.421 e. The fourth-order valence-electron chi connectivity index (χ4n) is 4.20. The molecule has 3 fully saturated rings. The molecule has 3 aliphatic carbocycles. The van der Waals surface area contributed by atoms with E-state index in [1.807, 2.05) is 0 Å². The molecule has 0 saturated heterocycles. The molecule has 0 bridgehead atoms. The van der Waals surface area contributed by atoms with Gasteiger partial charge in [-0.2, -0.15) is 0 Å². The molecule has 1 aromatic heterocycles. The zero-order chi connectivity index (χ0) is 22.4. The summed E-state index contributed by atoms with van der Waals surface area (Å²) in [5.74, 6) is -4.04. The largest absolute Gasteiger partial charge is 0.522 e. The fraction of sp³-hybridized carbons (Fsp3) is 0.737. The van der Waals surface area contributed by atoms with Gasteiger partial charge in [0.15, 0.2) is 0 Å². The van der Waals surface area contributed by atoms with E-state index in [1.165, 1.54) is 0 Å². The molecule has 1 amide bonds. The van der Waals surface area contributed by atoms with Crippen molar-refractivity contribution in [2.24, 2.45) is 11.8 Å². The summed E-state index contributed by atoms with van der Waals surface area (Å²) in [5.41, 5.74) is 0.473. The molecule has 2 unspecified atom stereocenters. The highest BCUT2D eigenvalue weighted by atomic mass is 19.4. The number of hydrogen-bond acceptors (Lipinski definition) is 6. The lowest BCUT2D eigenvalue weighted by Gasteiger charge is -2.32. The Balaban J connectivity index is 1.11. The van der Waals surface area contributed by atoms with Crippen LogP contribution in [0.3, 0.4) is 0 Å². The predicted octanol–water partition coefficient (Wildman–Crippen LogP) is 3.43. The number of carbonyl (C=O) groups is 1. The van der Waals surface area contributed by atoms with Crippen molar-refractivity contribution >= 4 is 11.5 Å². The molecular formula is C19H22F5N3O4. The second kappa shape index (κ2) is 8.12. The minimum atomic E-state index is -4.66. The van der Waals surface area contributed by atoms with Gasteiger partial charge in [-0.1, -0.05) is 6.58 Å². The topological polar surface area (TPSA) is 86.5 Å².